The van der Waals surface area contributed by atoms with Gasteiger partial charge in [0.05, 0.1) is 24.7 Å². The summed E-state index contributed by atoms with van der Waals surface area (Å²) >= 11 is 0. The summed E-state index contributed by atoms with van der Waals surface area (Å²) in [5, 5.41) is 0. The van der Waals surface area contributed by atoms with Crippen LogP contribution >= 0.6 is 0 Å². The van der Waals surface area contributed by atoms with Gasteiger partial charge in [0.1, 0.15) is 12.4 Å². The van der Waals surface area contributed by atoms with Crippen molar-refractivity contribution in [2.75, 3.05) is 31.7 Å². The molecule has 1 heterocycles. The second-order valence-corrected chi connectivity index (χ2v) is 7.99. The number of morpholine rings is 1. The number of ether oxygens (including phenoxy) is 2. The smallest absolute Gasteiger partial charge is 0.253 e. The van der Waals surface area contributed by atoms with E-state index >= 15 is 0 Å². The van der Waals surface area contributed by atoms with Gasteiger partial charge in [0.15, 0.2) is 0 Å². The molecule has 1 saturated heterocycles. The minimum Gasteiger partial charge on any atom is -0.497 e. The molecule has 0 bridgehead atoms. The first-order valence-corrected chi connectivity index (χ1v) is 10.0. The third kappa shape index (κ3) is 4.47. The van der Waals surface area contributed by atoms with Crippen molar-refractivity contribution >= 4 is 21.6 Å². The van der Waals surface area contributed by atoms with E-state index in [4.69, 9.17) is 9.47 Å². The normalized spacial score (nSPS) is 17.8. The zero-order valence-corrected chi connectivity index (χ0v) is 16.0. The Hall–Kier alpha value is -2.42. The second kappa shape index (κ2) is 8.08. The van der Waals surface area contributed by atoms with Crippen molar-refractivity contribution in [3.8, 4) is 5.75 Å². The standard InChI is InChI=1S/C19H22N2O5S/c1-14-10-16(25-2)8-9-18(14)27(23,24)20-11-17-12-21(19(22)13-26-17)15-6-4-3-5-7-15/h3-10,17,20H,11-13H2,1-2H3. The number of sulfonamides is 1. The lowest BCUT2D eigenvalue weighted by Gasteiger charge is -2.32. The summed E-state index contributed by atoms with van der Waals surface area (Å²) in [5.41, 5.74) is 1.36. The number of carbonyl (C=O) groups is 1. The molecular formula is C19H22N2O5S. The minimum atomic E-state index is -3.70. The highest BCUT2D eigenvalue weighted by Crippen LogP contribution is 2.21. The summed E-state index contributed by atoms with van der Waals surface area (Å²) in [6.07, 6.45) is -0.434. The van der Waals surface area contributed by atoms with Gasteiger partial charge >= 0.3 is 0 Å². The molecule has 1 amide bonds. The lowest BCUT2D eigenvalue weighted by molar-refractivity contribution is -0.129. The van der Waals surface area contributed by atoms with Crippen molar-refractivity contribution in [2.24, 2.45) is 0 Å². The van der Waals surface area contributed by atoms with Crippen LogP contribution < -0.4 is 14.4 Å². The van der Waals surface area contributed by atoms with Crippen molar-refractivity contribution in [1.29, 1.82) is 0 Å². The van der Waals surface area contributed by atoms with E-state index in [0.29, 0.717) is 11.3 Å². The Labute approximate surface area is 158 Å². The van der Waals surface area contributed by atoms with Crippen LogP contribution in [-0.4, -0.2) is 47.2 Å². The Morgan fingerprint density at radius 2 is 1.96 bits per heavy atom. The quantitative estimate of drug-likeness (QED) is 0.812. The van der Waals surface area contributed by atoms with Crippen LogP contribution in [0.2, 0.25) is 0 Å². The van der Waals surface area contributed by atoms with Crippen LogP contribution in [0.3, 0.4) is 0 Å². The fourth-order valence-corrected chi connectivity index (χ4v) is 4.23. The third-order valence-electron chi connectivity index (χ3n) is 4.37. The number of methoxy groups -OCH3 is 1. The molecule has 1 aliphatic heterocycles. The highest BCUT2D eigenvalue weighted by Gasteiger charge is 2.28. The summed E-state index contributed by atoms with van der Waals surface area (Å²) in [4.78, 5) is 13.9. The first-order chi connectivity index (χ1) is 12.9. The average Bonchev–Trinajstić information content (AvgIpc) is 2.67. The second-order valence-electron chi connectivity index (χ2n) is 6.26. The monoisotopic (exact) mass is 390 g/mol. The number of nitrogens with one attached hydrogen (secondary N) is 1. The molecule has 1 N–H and O–H groups in total. The molecule has 3 rings (SSSR count). The lowest BCUT2D eigenvalue weighted by Crippen LogP contribution is -2.50. The van der Waals surface area contributed by atoms with Gasteiger partial charge in [-0.15, -0.1) is 0 Å². The zero-order valence-electron chi connectivity index (χ0n) is 15.2. The molecule has 8 heteroatoms. The molecule has 0 spiro atoms. The number of para-hydroxylation sites is 1. The lowest BCUT2D eigenvalue weighted by atomic mass is 10.2. The Kier molecular flexibility index (Phi) is 5.79. The maximum absolute atomic E-state index is 12.6. The average molecular weight is 390 g/mol. The number of rotatable bonds is 6. The Morgan fingerprint density at radius 3 is 2.63 bits per heavy atom. The Bertz CT molecular complexity index is 915. The van der Waals surface area contributed by atoms with E-state index < -0.39 is 16.1 Å². The largest absolute Gasteiger partial charge is 0.497 e. The number of aryl methyl sites for hydroxylation is 1. The number of nitrogens with zero attached hydrogens (tertiary/aromatic N) is 1. The fraction of sp³-hybridized carbons (Fsp3) is 0.316. The van der Waals surface area contributed by atoms with Gasteiger partial charge in [-0.1, -0.05) is 18.2 Å². The summed E-state index contributed by atoms with van der Waals surface area (Å²) in [6.45, 7) is 1.99. The topological polar surface area (TPSA) is 84.9 Å². The van der Waals surface area contributed by atoms with E-state index in [2.05, 4.69) is 4.72 Å². The highest BCUT2D eigenvalue weighted by atomic mass is 32.2. The van der Waals surface area contributed by atoms with Gasteiger partial charge in [0.2, 0.25) is 10.0 Å². The van der Waals surface area contributed by atoms with Crippen LogP contribution in [0.4, 0.5) is 5.69 Å². The third-order valence-corrected chi connectivity index (χ3v) is 5.95. The van der Waals surface area contributed by atoms with Gasteiger partial charge in [0.25, 0.3) is 5.91 Å². The molecule has 2 aromatic carbocycles. The van der Waals surface area contributed by atoms with E-state index in [1.54, 1.807) is 24.0 Å². The SMILES string of the molecule is COc1ccc(S(=O)(=O)NCC2CN(c3ccccc3)C(=O)CO2)c(C)c1. The van der Waals surface area contributed by atoms with Gasteiger partial charge < -0.3 is 14.4 Å². The predicted molar refractivity (Wildman–Crippen MR) is 101 cm³/mol. The molecule has 27 heavy (non-hydrogen) atoms. The molecule has 0 aromatic heterocycles. The molecule has 7 nitrogen and oxygen atoms in total. The predicted octanol–water partition coefficient (Wildman–Crippen LogP) is 1.71. The van der Waals surface area contributed by atoms with Crippen LogP contribution in [0.15, 0.2) is 53.4 Å². The number of anilines is 1. The van der Waals surface area contributed by atoms with Crippen molar-refractivity contribution in [1.82, 2.24) is 4.72 Å². The molecule has 2 aromatic rings. The molecule has 1 atom stereocenters. The number of carbonyl (C=O) groups excluding carboxylic acids is 1. The molecule has 1 fully saturated rings. The van der Waals surface area contributed by atoms with Crippen LogP contribution in [0.25, 0.3) is 0 Å². The number of benzene rings is 2. The number of hydrogen-bond acceptors (Lipinski definition) is 5. The molecule has 1 aliphatic rings. The summed E-state index contributed by atoms with van der Waals surface area (Å²) in [6, 6.07) is 14.0. The fourth-order valence-electron chi connectivity index (χ4n) is 2.94. The van der Waals surface area contributed by atoms with Crippen LogP contribution in [0.5, 0.6) is 5.75 Å². The molecule has 144 valence electrons. The summed E-state index contributed by atoms with van der Waals surface area (Å²) in [5.74, 6) is 0.449. The van der Waals surface area contributed by atoms with Crippen LogP contribution in [-0.2, 0) is 19.6 Å². The maximum Gasteiger partial charge on any atom is 0.253 e. The van der Waals surface area contributed by atoms with Crippen LogP contribution in [0.1, 0.15) is 5.56 Å². The Morgan fingerprint density at radius 1 is 1.22 bits per heavy atom. The zero-order chi connectivity index (χ0) is 19.4. The molecule has 1 unspecified atom stereocenters. The maximum atomic E-state index is 12.6. The van der Waals surface area contributed by atoms with Crippen molar-refractivity contribution in [2.45, 2.75) is 17.9 Å². The minimum absolute atomic E-state index is 0.0738. The Balaban J connectivity index is 1.68. The molecule has 0 radical (unpaired) electrons. The van der Waals surface area contributed by atoms with Gasteiger partial charge in [-0.2, -0.15) is 0 Å². The van der Waals surface area contributed by atoms with Gasteiger partial charge in [0, 0.05) is 12.2 Å². The first kappa shape index (κ1) is 19.3. The van der Waals surface area contributed by atoms with Crippen molar-refractivity contribution in [3.05, 3.63) is 54.1 Å². The van der Waals surface area contributed by atoms with Gasteiger partial charge in [-0.05, 0) is 42.8 Å². The van der Waals surface area contributed by atoms with Crippen LogP contribution in [0, 0.1) is 6.92 Å². The van der Waals surface area contributed by atoms with Crippen molar-refractivity contribution < 1.29 is 22.7 Å². The highest BCUT2D eigenvalue weighted by molar-refractivity contribution is 7.89. The van der Waals surface area contributed by atoms with E-state index in [-0.39, 0.29) is 30.5 Å². The first-order valence-electron chi connectivity index (χ1n) is 8.52. The van der Waals surface area contributed by atoms with Gasteiger partial charge in [-0.25, -0.2) is 13.1 Å². The summed E-state index contributed by atoms with van der Waals surface area (Å²) in [7, 11) is -2.17. The molecule has 0 saturated carbocycles. The number of hydrogen-bond donors (Lipinski definition) is 1. The van der Waals surface area contributed by atoms with Gasteiger partial charge in [-0.3, -0.25) is 4.79 Å². The van der Waals surface area contributed by atoms with E-state index in [9.17, 15) is 13.2 Å². The number of amides is 1. The van der Waals surface area contributed by atoms with E-state index in [0.717, 1.165) is 5.69 Å². The summed E-state index contributed by atoms with van der Waals surface area (Å²) < 4.78 is 38.4. The van der Waals surface area contributed by atoms with E-state index in [1.165, 1.54) is 13.2 Å². The van der Waals surface area contributed by atoms with E-state index in [1.807, 2.05) is 30.3 Å². The molecular weight excluding hydrogens is 368 g/mol. The van der Waals surface area contributed by atoms with Crippen molar-refractivity contribution in [3.63, 3.8) is 0 Å². The molecule has 0 aliphatic carbocycles.